The lowest BCUT2D eigenvalue weighted by atomic mass is 10.1. The van der Waals surface area contributed by atoms with Crippen molar-refractivity contribution >= 4 is 203 Å². The number of carbonyl (C=O) groups is 4. The van der Waals surface area contributed by atoms with Crippen LogP contribution in [0.15, 0.2) is 35.8 Å². The molecule has 0 atom stereocenters. The van der Waals surface area contributed by atoms with Gasteiger partial charge in [0.1, 0.15) is 0 Å². The van der Waals surface area contributed by atoms with E-state index in [1.54, 1.807) is 0 Å². The summed E-state index contributed by atoms with van der Waals surface area (Å²) in [5.41, 5.74) is -1.94. The van der Waals surface area contributed by atoms with Crippen LogP contribution in [-0.4, -0.2) is 76.0 Å². The van der Waals surface area contributed by atoms with Gasteiger partial charge in [-0.15, -0.1) is 0 Å². The van der Waals surface area contributed by atoms with E-state index in [-0.39, 0.29) is 70.0 Å². The average Bonchev–Trinajstić information content (AvgIpc) is 2.69. The molecule has 0 aliphatic carbocycles. The summed E-state index contributed by atoms with van der Waals surface area (Å²) in [6.45, 7) is 0. The highest BCUT2D eigenvalue weighted by Gasteiger charge is 2.21. The van der Waals surface area contributed by atoms with E-state index in [0.717, 1.165) is 0 Å². The highest BCUT2D eigenvalue weighted by molar-refractivity contribution is 9.15. The SMILES string of the molecule is O=C([O-])c1c(Br)c(Br)c(Br)c(Br)c1C(=O)[O-].O=C([O-])c1c(Br)c(Br)c(Br)c(Br)c1C(=O)[O-].[Al].[Al].[Al]. The van der Waals surface area contributed by atoms with Crippen LogP contribution in [0.25, 0.3) is 0 Å². The van der Waals surface area contributed by atoms with Gasteiger partial charge in [0.25, 0.3) is 0 Å². The highest BCUT2D eigenvalue weighted by atomic mass is 79.9. The van der Waals surface area contributed by atoms with Crippen molar-refractivity contribution < 1.29 is 39.6 Å². The number of hydrogen-bond donors (Lipinski definition) is 0. The summed E-state index contributed by atoms with van der Waals surface area (Å²) in [5.74, 6) is -6.44. The van der Waals surface area contributed by atoms with Crippen molar-refractivity contribution in [2.75, 3.05) is 0 Å². The summed E-state index contributed by atoms with van der Waals surface area (Å²) in [6, 6.07) is 0. The second-order valence-corrected chi connectivity index (χ2v) is 11.5. The monoisotopic (exact) mass is 1030 g/mol. The third-order valence-corrected chi connectivity index (χ3v) is 12.9. The molecule has 8 nitrogen and oxygen atoms in total. The van der Waals surface area contributed by atoms with Crippen molar-refractivity contribution in [3.8, 4) is 0 Å². The van der Waals surface area contributed by atoms with Crippen molar-refractivity contribution in [1.82, 2.24) is 0 Å². The van der Waals surface area contributed by atoms with E-state index >= 15 is 0 Å². The van der Waals surface area contributed by atoms with E-state index in [4.69, 9.17) is 0 Å². The molecule has 0 fully saturated rings. The van der Waals surface area contributed by atoms with Crippen LogP contribution in [0.4, 0.5) is 0 Å². The lowest BCUT2D eigenvalue weighted by Crippen LogP contribution is -2.31. The molecule has 0 N–H and O–H groups in total. The van der Waals surface area contributed by atoms with Gasteiger partial charge in [-0.25, -0.2) is 0 Å². The molecule has 0 spiro atoms. The quantitative estimate of drug-likeness (QED) is 0.255. The molecular weight excluding hydrogens is 1040 g/mol. The van der Waals surface area contributed by atoms with Gasteiger partial charge in [0.2, 0.25) is 0 Å². The summed E-state index contributed by atoms with van der Waals surface area (Å²) in [6.07, 6.45) is 0. The second kappa shape index (κ2) is 17.4. The Morgan fingerprint density at radius 2 is 0.457 bits per heavy atom. The van der Waals surface area contributed by atoms with E-state index in [0.29, 0.717) is 17.9 Å². The second-order valence-electron chi connectivity index (χ2n) is 5.16. The van der Waals surface area contributed by atoms with E-state index in [1.807, 2.05) is 0 Å². The molecule has 35 heavy (non-hydrogen) atoms. The van der Waals surface area contributed by atoms with Crippen LogP contribution in [0, 0.1) is 0 Å². The molecule has 2 aromatic rings. The molecule has 0 unspecified atom stereocenters. The zero-order chi connectivity index (χ0) is 25.2. The van der Waals surface area contributed by atoms with Crippen LogP contribution in [0.1, 0.15) is 41.4 Å². The van der Waals surface area contributed by atoms with Crippen LogP contribution in [-0.2, 0) is 0 Å². The van der Waals surface area contributed by atoms with Gasteiger partial charge >= 0.3 is 0 Å². The Labute approximate surface area is 296 Å². The topological polar surface area (TPSA) is 161 Å². The summed E-state index contributed by atoms with van der Waals surface area (Å²) in [5, 5.41) is 43.5. The average molecular weight is 1040 g/mol. The van der Waals surface area contributed by atoms with Crippen LogP contribution < -0.4 is 20.4 Å². The molecule has 181 valence electrons. The summed E-state index contributed by atoms with van der Waals surface area (Å²) >= 11 is 24.3. The van der Waals surface area contributed by atoms with E-state index in [1.165, 1.54) is 0 Å². The predicted molar refractivity (Wildman–Crippen MR) is 149 cm³/mol. The molecule has 0 aliphatic heterocycles. The lowest BCUT2D eigenvalue weighted by molar-refractivity contribution is -0.259. The van der Waals surface area contributed by atoms with E-state index < -0.39 is 46.1 Å². The minimum Gasteiger partial charge on any atom is -0.545 e. The number of aromatic carboxylic acids is 4. The number of benzene rings is 2. The Kier molecular flexibility index (Phi) is 20.6. The number of hydrogen-bond acceptors (Lipinski definition) is 8. The van der Waals surface area contributed by atoms with E-state index in [2.05, 4.69) is 127 Å². The number of carbonyl (C=O) groups excluding carboxylic acids is 4. The Balaban J connectivity index is -0.000000539. The maximum absolute atomic E-state index is 10.9. The van der Waals surface area contributed by atoms with Gasteiger partial charge in [0, 0.05) is 110 Å². The molecule has 0 heterocycles. The minimum absolute atomic E-state index is 0. The van der Waals surface area contributed by atoms with Gasteiger partial charge in [0.05, 0.1) is 23.9 Å². The number of carboxylic acid groups (broad SMARTS) is 4. The maximum atomic E-state index is 10.9. The Bertz CT molecular complexity index is 1010. The van der Waals surface area contributed by atoms with Crippen molar-refractivity contribution in [3.05, 3.63) is 58.0 Å². The van der Waals surface area contributed by atoms with Crippen molar-refractivity contribution in [2.45, 2.75) is 0 Å². The van der Waals surface area contributed by atoms with Crippen LogP contribution in [0.5, 0.6) is 0 Å². The molecule has 2 rings (SSSR count). The third kappa shape index (κ3) is 9.42. The van der Waals surface area contributed by atoms with Crippen molar-refractivity contribution in [2.24, 2.45) is 0 Å². The molecule has 0 aromatic heterocycles. The Morgan fingerprint density at radius 1 is 0.343 bits per heavy atom. The van der Waals surface area contributed by atoms with Crippen LogP contribution in [0.3, 0.4) is 0 Å². The number of carboxylic acids is 4. The molecule has 9 radical (unpaired) electrons. The molecule has 2 aromatic carbocycles. The molecule has 0 aliphatic rings. The molecule has 0 saturated carbocycles. The fourth-order valence-corrected chi connectivity index (χ4v) is 6.91. The summed E-state index contributed by atoms with van der Waals surface area (Å²) < 4.78 is 1.74. The summed E-state index contributed by atoms with van der Waals surface area (Å²) in [7, 11) is 0. The first-order valence-corrected chi connectivity index (χ1v) is 13.5. The molecule has 0 bridgehead atoms. The smallest absolute Gasteiger partial charge is 0.0734 e. The zero-order valence-corrected chi connectivity index (χ0v) is 32.2. The minimum atomic E-state index is -1.61. The lowest BCUT2D eigenvalue weighted by Gasteiger charge is -2.18. The molecule has 0 saturated heterocycles. The highest BCUT2D eigenvalue weighted by Crippen LogP contribution is 2.42. The van der Waals surface area contributed by atoms with E-state index in [9.17, 15) is 39.6 Å². The van der Waals surface area contributed by atoms with Crippen molar-refractivity contribution in [1.29, 1.82) is 0 Å². The Hall–Kier alpha value is 1.76. The number of rotatable bonds is 4. The Morgan fingerprint density at radius 3 is 0.543 bits per heavy atom. The van der Waals surface area contributed by atoms with Gasteiger partial charge in [-0.1, -0.05) is 0 Å². The largest absolute Gasteiger partial charge is 0.545 e. The van der Waals surface area contributed by atoms with Crippen LogP contribution >= 0.6 is 127 Å². The van der Waals surface area contributed by atoms with Crippen molar-refractivity contribution in [3.63, 3.8) is 0 Å². The van der Waals surface area contributed by atoms with Gasteiger partial charge in [0.15, 0.2) is 0 Å². The van der Waals surface area contributed by atoms with Gasteiger partial charge in [-0.05, 0) is 127 Å². The third-order valence-electron chi connectivity index (χ3n) is 3.35. The molecule has 19 heteroatoms. The molecule has 0 amide bonds. The first-order valence-electron chi connectivity index (χ1n) is 7.14. The maximum Gasteiger partial charge on any atom is 0.0734 e. The number of halogens is 8. The van der Waals surface area contributed by atoms with Crippen LogP contribution in [0.2, 0.25) is 0 Å². The standard InChI is InChI=1S/2C8H2Br4O4.3Al/c2*9-3-1(7(13)14)2(8(15)16)4(10)6(12)5(3)11;;;/h2*(H,13,14)(H,15,16);;;/p-4. The molecular formula is C16Al3Br8O8-4. The van der Waals surface area contributed by atoms with Gasteiger partial charge in [-0.2, -0.15) is 0 Å². The fourth-order valence-electron chi connectivity index (χ4n) is 2.03. The first-order chi connectivity index (χ1) is 14.6. The van der Waals surface area contributed by atoms with Gasteiger partial charge in [-0.3, -0.25) is 0 Å². The predicted octanol–water partition coefficient (Wildman–Crippen LogP) is 1.78. The fraction of sp³-hybridized carbons (Fsp3) is 0. The normalized spacial score (nSPS) is 9.37. The van der Waals surface area contributed by atoms with Gasteiger partial charge < -0.3 is 39.6 Å². The summed E-state index contributed by atoms with van der Waals surface area (Å²) in [4.78, 5) is 43.5. The zero-order valence-electron chi connectivity index (χ0n) is 16.0. The first kappa shape index (κ1) is 41.2.